The molecule has 3 heteroatoms. The Balaban J connectivity index is 1.32. The molecule has 0 N–H and O–H groups in total. The third-order valence-electron chi connectivity index (χ3n) is 8.20. The number of fused-ring (bicyclic) bond motifs is 3. The number of imidazole rings is 1. The Morgan fingerprint density at radius 2 is 1.09 bits per heavy atom. The van der Waals surface area contributed by atoms with Gasteiger partial charge in [0.1, 0.15) is 5.82 Å². The highest BCUT2D eigenvalue weighted by Gasteiger charge is 2.15. The van der Waals surface area contributed by atoms with Crippen molar-refractivity contribution in [1.29, 1.82) is 5.26 Å². The fourth-order valence-electron chi connectivity index (χ4n) is 6.05. The largest absolute Gasteiger partial charge is 0.292 e. The number of benzene rings is 7. The molecule has 0 aliphatic rings. The summed E-state index contributed by atoms with van der Waals surface area (Å²) in [5.41, 5.74) is 9.40. The van der Waals surface area contributed by atoms with Gasteiger partial charge >= 0.3 is 0 Å². The molecule has 1 heterocycles. The van der Waals surface area contributed by atoms with Crippen LogP contribution in [0.25, 0.3) is 71.9 Å². The summed E-state index contributed by atoms with van der Waals surface area (Å²) in [4.78, 5) is 5.09. The molecule has 0 saturated carbocycles. The smallest absolute Gasteiger partial charge is 0.145 e. The molecule has 1 aromatic heterocycles. The van der Waals surface area contributed by atoms with E-state index in [0.717, 1.165) is 55.7 Å². The van der Waals surface area contributed by atoms with Gasteiger partial charge in [-0.15, -0.1) is 0 Å². The van der Waals surface area contributed by atoms with Crippen LogP contribution >= 0.6 is 0 Å². The highest BCUT2D eigenvalue weighted by molar-refractivity contribution is 5.99. The van der Waals surface area contributed by atoms with Gasteiger partial charge in [0.15, 0.2) is 0 Å². The van der Waals surface area contributed by atoms with Gasteiger partial charge in [-0.05, 0) is 104 Å². The average Bonchev–Trinajstić information content (AvgIpc) is 3.47. The molecule has 0 aliphatic heterocycles. The zero-order valence-corrected chi connectivity index (χ0v) is 23.3. The van der Waals surface area contributed by atoms with E-state index in [9.17, 15) is 5.26 Å². The molecule has 0 aliphatic carbocycles. The molecule has 0 atom stereocenters. The van der Waals surface area contributed by atoms with Crippen molar-refractivity contribution in [3.05, 3.63) is 157 Å². The maximum Gasteiger partial charge on any atom is 0.145 e. The molecule has 0 fully saturated rings. The van der Waals surface area contributed by atoms with Gasteiger partial charge in [0.2, 0.25) is 0 Å². The Labute approximate surface area is 249 Å². The van der Waals surface area contributed by atoms with Crippen LogP contribution in [0.2, 0.25) is 0 Å². The van der Waals surface area contributed by atoms with Crippen LogP contribution in [-0.2, 0) is 0 Å². The van der Waals surface area contributed by atoms with Crippen molar-refractivity contribution in [2.45, 2.75) is 0 Å². The summed E-state index contributed by atoms with van der Waals surface area (Å²) in [5, 5.41) is 14.1. The van der Waals surface area contributed by atoms with Gasteiger partial charge in [-0.1, -0.05) is 91.0 Å². The fraction of sp³-hybridized carbons (Fsp3) is 0. The van der Waals surface area contributed by atoms with Gasteiger partial charge in [0.25, 0.3) is 0 Å². The quantitative estimate of drug-likeness (QED) is 0.220. The Kier molecular flexibility index (Phi) is 5.84. The zero-order valence-electron chi connectivity index (χ0n) is 23.3. The molecule has 3 nitrogen and oxygen atoms in total. The molecular formula is C40H25N3. The third kappa shape index (κ3) is 4.34. The highest BCUT2D eigenvalue weighted by atomic mass is 15.1. The van der Waals surface area contributed by atoms with E-state index in [1.54, 1.807) is 0 Å². The topological polar surface area (TPSA) is 41.6 Å². The third-order valence-corrected chi connectivity index (χ3v) is 8.20. The van der Waals surface area contributed by atoms with E-state index in [-0.39, 0.29) is 0 Å². The Bertz CT molecular complexity index is 2340. The highest BCUT2D eigenvalue weighted by Crippen LogP contribution is 2.38. The van der Waals surface area contributed by atoms with Gasteiger partial charge in [0, 0.05) is 11.3 Å². The van der Waals surface area contributed by atoms with Crippen molar-refractivity contribution in [2.24, 2.45) is 0 Å². The SMILES string of the molecule is N#Cc1ccc(-c2cc3ccccc3cc2-c2ccc3ccc(-c4nc5ccccc5n4-c4ccccc4)cc3c2)cc1. The lowest BCUT2D eigenvalue weighted by Crippen LogP contribution is -1.97. The molecule has 0 spiro atoms. The Morgan fingerprint density at radius 1 is 0.488 bits per heavy atom. The summed E-state index contributed by atoms with van der Waals surface area (Å²) >= 11 is 0. The standard InChI is InChI=1S/C40H25N3/c41-26-27-14-16-29(17-15-27)36-24-30-8-4-5-9-31(30)25-37(36)32-20-18-28-19-21-33(23-34(28)22-32)40-42-38-12-6-7-13-39(38)43(40)35-10-2-1-3-11-35/h1-25H. The van der Waals surface area contributed by atoms with Crippen LogP contribution in [0.5, 0.6) is 0 Å². The number of nitriles is 1. The van der Waals surface area contributed by atoms with Crippen LogP contribution in [0, 0.1) is 11.3 Å². The second-order valence-corrected chi connectivity index (χ2v) is 10.8. The number of rotatable bonds is 4. The lowest BCUT2D eigenvalue weighted by molar-refractivity contribution is 1.10. The second-order valence-electron chi connectivity index (χ2n) is 10.8. The number of nitrogens with zero attached hydrogens (tertiary/aromatic N) is 3. The Hall–Kier alpha value is -5.98. The van der Waals surface area contributed by atoms with Crippen molar-refractivity contribution in [3.63, 3.8) is 0 Å². The summed E-state index contributed by atoms with van der Waals surface area (Å²) in [6.07, 6.45) is 0. The summed E-state index contributed by atoms with van der Waals surface area (Å²) in [7, 11) is 0. The first-order valence-corrected chi connectivity index (χ1v) is 14.4. The van der Waals surface area contributed by atoms with Gasteiger partial charge in [0.05, 0.1) is 22.7 Å². The van der Waals surface area contributed by atoms with E-state index >= 15 is 0 Å². The maximum atomic E-state index is 9.35. The monoisotopic (exact) mass is 547 g/mol. The normalized spacial score (nSPS) is 11.2. The van der Waals surface area contributed by atoms with Crippen molar-refractivity contribution < 1.29 is 0 Å². The van der Waals surface area contributed by atoms with Crippen LogP contribution in [0.1, 0.15) is 5.56 Å². The van der Waals surface area contributed by atoms with E-state index in [4.69, 9.17) is 4.98 Å². The molecular weight excluding hydrogens is 522 g/mol. The van der Waals surface area contributed by atoms with Gasteiger partial charge in [-0.2, -0.15) is 5.26 Å². The molecule has 0 unspecified atom stereocenters. The Morgan fingerprint density at radius 3 is 1.84 bits per heavy atom. The first kappa shape index (κ1) is 24.8. The van der Waals surface area contributed by atoms with E-state index < -0.39 is 0 Å². The van der Waals surface area contributed by atoms with E-state index in [0.29, 0.717) is 5.56 Å². The van der Waals surface area contributed by atoms with Crippen LogP contribution in [0.15, 0.2) is 152 Å². The van der Waals surface area contributed by atoms with E-state index in [2.05, 4.69) is 126 Å². The lowest BCUT2D eigenvalue weighted by Gasteiger charge is -2.14. The molecule has 0 saturated heterocycles. The van der Waals surface area contributed by atoms with Crippen molar-refractivity contribution in [3.8, 4) is 45.4 Å². The predicted octanol–water partition coefficient (Wildman–Crippen LogP) is 10.2. The molecule has 0 bridgehead atoms. The molecule has 200 valence electrons. The van der Waals surface area contributed by atoms with Crippen LogP contribution < -0.4 is 0 Å². The van der Waals surface area contributed by atoms with Crippen molar-refractivity contribution >= 4 is 32.6 Å². The molecule has 0 amide bonds. The summed E-state index contributed by atoms with van der Waals surface area (Å²) in [5.74, 6) is 0.920. The van der Waals surface area contributed by atoms with Crippen LogP contribution in [-0.4, -0.2) is 9.55 Å². The van der Waals surface area contributed by atoms with Gasteiger partial charge in [-0.3, -0.25) is 4.57 Å². The van der Waals surface area contributed by atoms with E-state index in [1.807, 2.05) is 36.4 Å². The maximum absolute atomic E-state index is 9.35. The molecule has 7 aromatic carbocycles. The molecule has 8 rings (SSSR count). The van der Waals surface area contributed by atoms with Gasteiger partial charge in [-0.25, -0.2) is 4.98 Å². The lowest BCUT2D eigenvalue weighted by atomic mass is 9.90. The van der Waals surface area contributed by atoms with E-state index in [1.165, 1.54) is 16.2 Å². The minimum Gasteiger partial charge on any atom is -0.292 e. The second kappa shape index (κ2) is 10.1. The van der Waals surface area contributed by atoms with Crippen LogP contribution in [0.4, 0.5) is 0 Å². The summed E-state index contributed by atoms with van der Waals surface area (Å²) in [6.45, 7) is 0. The molecule has 0 radical (unpaired) electrons. The predicted molar refractivity (Wildman–Crippen MR) is 177 cm³/mol. The number of hydrogen-bond acceptors (Lipinski definition) is 2. The van der Waals surface area contributed by atoms with Crippen molar-refractivity contribution in [1.82, 2.24) is 9.55 Å². The minimum absolute atomic E-state index is 0.658. The molecule has 8 aromatic rings. The summed E-state index contributed by atoms with van der Waals surface area (Å²) < 4.78 is 2.24. The molecule has 43 heavy (non-hydrogen) atoms. The first-order valence-electron chi connectivity index (χ1n) is 14.4. The average molecular weight is 548 g/mol. The number of para-hydroxylation sites is 3. The fourth-order valence-corrected chi connectivity index (χ4v) is 6.05. The van der Waals surface area contributed by atoms with Gasteiger partial charge < -0.3 is 0 Å². The zero-order chi connectivity index (χ0) is 28.8. The van der Waals surface area contributed by atoms with Crippen molar-refractivity contribution in [2.75, 3.05) is 0 Å². The minimum atomic E-state index is 0.658. The van der Waals surface area contributed by atoms with Crippen LogP contribution in [0.3, 0.4) is 0 Å². The first-order chi connectivity index (χ1) is 21.2. The number of aromatic nitrogens is 2. The summed E-state index contributed by atoms with van der Waals surface area (Å²) in [6, 6.07) is 55.1. The number of hydrogen-bond donors (Lipinski definition) is 0.